The molecule has 2 aliphatic heterocycles. The number of hydrogen-bond donors (Lipinski definition) is 1. The van der Waals surface area contributed by atoms with Crippen LogP contribution in [0, 0.1) is 0 Å². The second kappa shape index (κ2) is 12.5. The average Bonchev–Trinajstić information content (AvgIpc) is 3.46. The highest BCUT2D eigenvalue weighted by molar-refractivity contribution is 6.74. The van der Waals surface area contributed by atoms with Gasteiger partial charge in [-0.2, -0.15) is 0 Å². The van der Waals surface area contributed by atoms with Crippen LogP contribution in [0.5, 0.6) is 0 Å². The van der Waals surface area contributed by atoms with E-state index in [0.29, 0.717) is 26.4 Å². The highest BCUT2D eigenvalue weighted by atomic mass is 28.4. The van der Waals surface area contributed by atoms with Gasteiger partial charge in [-0.05, 0) is 42.1 Å². The summed E-state index contributed by atoms with van der Waals surface area (Å²) in [6.45, 7) is 13.0. The Bertz CT molecular complexity index is 948. The van der Waals surface area contributed by atoms with Crippen LogP contribution in [-0.2, 0) is 36.6 Å². The highest BCUT2D eigenvalue weighted by Crippen LogP contribution is 2.38. The van der Waals surface area contributed by atoms with Crippen molar-refractivity contribution in [3.05, 3.63) is 71.8 Å². The minimum Gasteiger partial charge on any atom is -0.414 e. The molecule has 2 aromatic rings. The van der Waals surface area contributed by atoms with Gasteiger partial charge in [0.2, 0.25) is 0 Å². The fraction of sp³-hybridized carbons (Fsp3) is 0.600. The number of rotatable bonds is 11. The van der Waals surface area contributed by atoms with Crippen molar-refractivity contribution in [2.75, 3.05) is 13.2 Å². The Labute approximate surface area is 223 Å². The van der Waals surface area contributed by atoms with Gasteiger partial charge in [-0.15, -0.1) is 0 Å². The van der Waals surface area contributed by atoms with E-state index in [4.69, 9.17) is 23.4 Å². The van der Waals surface area contributed by atoms with Gasteiger partial charge in [0.05, 0.1) is 38.6 Å². The van der Waals surface area contributed by atoms with Gasteiger partial charge in [0.1, 0.15) is 24.4 Å². The summed E-state index contributed by atoms with van der Waals surface area (Å²) >= 11 is 0. The van der Waals surface area contributed by atoms with Crippen molar-refractivity contribution >= 4 is 8.32 Å². The maximum absolute atomic E-state index is 11.3. The molecule has 2 fully saturated rings. The number of aliphatic hydroxyl groups is 1. The second-order valence-corrected chi connectivity index (χ2v) is 16.6. The third-order valence-corrected chi connectivity index (χ3v) is 12.5. The molecule has 204 valence electrons. The maximum atomic E-state index is 11.3. The van der Waals surface area contributed by atoms with Crippen molar-refractivity contribution in [1.82, 2.24) is 0 Å². The number of benzene rings is 2. The smallest absolute Gasteiger partial charge is 0.192 e. The lowest BCUT2D eigenvalue weighted by atomic mass is 10.0. The topological polar surface area (TPSA) is 66.4 Å². The summed E-state index contributed by atoms with van der Waals surface area (Å²) < 4.78 is 31.5. The molecule has 6 atom stereocenters. The van der Waals surface area contributed by atoms with Gasteiger partial charge in [0, 0.05) is 0 Å². The van der Waals surface area contributed by atoms with Gasteiger partial charge in [0.15, 0.2) is 8.32 Å². The molecule has 37 heavy (non-hydrogen) atoms. The molecule has 0 unspecified atom stereocenters. The standard InChI is InChI=1S/C30H44O6Si/c1-30(2,3)37(4,5)34-21-26-27(31)29(33-19-23-14-10-7-11-15-23)28(36-26)25-17-16-24(35-25)20-32-18-22-12-8-6-9-13-22/h6-15,24-29,31H,16-21H2,1-5H3/t24-,25-,26+,27-,28+,29+/m0/s1. The lowest BCUT2D eigenvalue weighted by molar-refractivity contribution is -0.119. The Morgan fingerprint density at radius 2 is 1.49 bits per heavy atom. The first-order valence-electron chi connectivity index (χ1n) is 13.5. The largest absolute Gasteiger partial charge is 0.414 e. The predicted octanol–water partition coefficient (Wildman–Crippen LogP) is 5.49. The third-order valence-electron chi connectivity index (χ3n) is 8.00. The van der Waals surface area contributed by atoms with Crippen LogP contribution in [-0.4, -0.2) is 63.3 Å². The Morgan fingerprint density at radius 1 is 0.865 bits per heavy atom. The van der Waals surface area contributed by atoms with Gasteiger partial charge in [0.25, 0.3) is 0 Å². The molecule has 6 nitrogen and oxygen atoms in total. The molecule has 2 saturated heterocycles. The van der Waals surface area contributed by atoms with Crippen LogP contribution in [0.3, 0.4) is 0 Å². The van der Waals surface area contributed by atoms with E-state index in [1.165, 1.54) is 0 Å². The van der Waals surface area contributed by atoms with E-state index in [1.807, 2.05) is 48.5 Å². The molecule has 0 aliphatic carbocycles. The fourth-order valence-electron chi connectivity index (χ4n) is 4.65. The molecular weight excluding hydrogens is 484 g/mol. The van der Waals surface area contributed by atoms with Crippen LogP contribution in [0.15, 0.2) is 60.7 Å². The summed E-state index contributed by atoms with van der Waals surface area (Å²) in [4.78, 5) is 0. The van der Waals surface area contributed by atoms with Crippen molar-refractivity contribution in [2.24, 2.45) is 0 Å². The maximum Gasteiger partial charge on any atom is 0.192 e. The summed E-state index contributed by atoms with van der Waals surface area (Å²) in [6.07, 6.45) is -0.477. The zero-order valence-corrected chi connectivity index (χ0v) is 24.0. The zero-order valence-electron chi connectivity index (χ0n) is 23.0. The lowest BCUT2D eigenvalue weighted by Gasteiger charge is -2.37. The lowest BCUT2D eigenvalue weighted by Crippen LogP contribution is -2.45. The molecule has 1 N–H and O–H groups in total. The van der Waals surface area contributed by atoms with E-state index >= 15 is 0 Å². The van der Waals surface area contributed by atoms with E-state index in [9.17, 15) is 5.11 Å². The predicted molar refractivity (Wildman–Crippen MR) is 147 cm³/mol. The number of aliphatic hydroxyl groups excluding tert-OH is 1. The number of ether oxygens (including phenoxy) is 4. The van der Waals surface area contributed by atoms with Crippen molar-refractivity contribution in [2.45, 2.75) is 102 Å². The minimum atomic E-state index is -1.98. The summed E-state index contributed by atoms with van der Waals surface area (Å²) in [5.41, 5.74) is 2.21. The van der Waals surface area contributed by atoms with Crippen LogP contribution in [0.25, 0.3) is 0 Å². The Kier molecular flexibility index (Phi) is 9.61. The summed E-state index contributed by atoms with van der Waals surface area (Å²) in [6, 6.07) is 20.2. The van der Waals surface area contributed by atoms with Gasteiger partial charge in [-0.25, -0.2) is 0 Å². The van der Waals surface area contributed by atoms with Crippen LogP contribution >= 0.6 is 0 Å². The molecular formula is C30H44O6Si. The van der Waals surface area contributed by atoms with Crippen molar-refractivity contribution in [1.29, 1.82) is 0 Å². The number of hydrogen-bond acceptors (Lipinski definition) is 6. The van der Waals surface area contributed by atoms with E-state index in [0.717, 1.165) is 24.0 Å². The van der Waals surface area contributed by atoms with Crippen LogP contribution in [0.2, 0.25) is 18.1 Å². The molecule has 0 aromatic heterocycles. The second-order valence-electron chi connectivity index (χ2n) is 11.8. The van der Waals surface area contributed by atoms with E-state index < -0.39 is 26.6 Å². The van der Waals surface area contributed by atoms with Crippen LogP contribution < -0.4 is 0 Å². The fourth-order valence-corrected chi connectivity index (χ4v) is 5.66. The van der Waals surface area contributed by atoms with Gasteiger partial charge in [-0.3, -0.25) is 0 Å². The Balaban J connectivity index is 1.37. The van der Waals surface area contributed by atoms with E-state index in [-0.39, 0.29) is 23.4 Å². The zero-order chi connectivity index (χ0) is 26.5. The quantitative estimate of drug-likeness (QED) is 0.389. The summed E-state index contributed by atoms with van der Waals surface area (Å²) in [5, 5.41) is 11.4. The first kappa shape index (κ1) is 28.4. The van der Waals surface area contributed by atoms with E-state index in [1.54, 1.807) is 0 Å². The molecule has 0 spiro atoms. The molecule has 2 heterocycles. The molecule has 2 aromatic carbocycles. The minimum absolute atomic E-state index is 0.00626. The molecule has 0 bridgehead atoms. The van der Waals surface area contributed by atoms with Crippen molar-refractivity contribution in [3.8, 4) is 0 Å². The first-order chi connectivity index (χ1) is 17.6. The Hall–Kier alpha value is -1.58. The van der Waals surface area contributed by atoms with Gasteiger partial charge in [-0.1, -0.05) is 81.4 Å². The average molecular weight is 529 g/mol. The summed E-state index contributed by atoms with van der Waals surface area (Å²) in [7, 11) is -1.98. The summed E-state index contributed by atoms with van der Waals surface area (Å²) in [5.74, 6) is 0. The van der Waals surface area contributed by atoms with E-state index in [2.05, 4.69) is 46.0 Å². The molecule has 0 radical (unpaired) electrons. The third kappa shape index (κ3) is 7.51. The molecule has 0 saturated carbocycles. The van der Waals surface area contributed by atoms with Crippen LogP contribution in [0.1, 0.15) is 44.7 Å². The normalized spacial score (nSPS) is 28.6. The SMILES string of the molecule is CC(C)(C)[Si](C)(C)OC[C@H]1O[C@H]([C@@H]2CC[C@@H](COCc3ccccc3)O2)[C@H](OCc2ccccc2)[C@H]1O. The molecule has 7 heteroatoms. The van der Waals surface area contributed by atoms with Crippen molar-refractivity contribution in [3.63, 3.8) is 0 Å². The van der Waals surface area contributed by atoms with Gasteiger partial charge >= 0.3 is 0 Å². The van der Waals surface area contributed by atoms with Crippen LogP contribution in [0.4, 0.5) is 0 Å². The van der Waals surface area contributed by atoms with Gasteiger partial charge < -0.3 is 28.5 Å². The van der Waals surface area contributed by atoms with Crippen molar-refractivity contribution < 1.29 is 28.5 Å². The molecule has 4 rings (SSSR count). The monoisotopic (exact) mass is 528 g/mol. The first-order valence-corrected chi connectivity index (χ1v) is 16.4. The highest BCUT2D eigenvalue weighted by Gasteiger charge is 2.51. The molecule has 2 aliphatic rings. The molecule has 0 amide bonds. The Morgan fingerprint density at radius 3 is 2.11 bits per heavy atom.